The van der Waals surface area contributed by atoms with Gasteiger partial charge >= 0.3 is 0 Å². The van der Waals surface area contributed by atoms with Crippen molar-refractivity contribution in [3.63, 3.8) is 0 Å². The molecule has 0 fully saturated rings. The Hall–Kier alpha value is -1.60. The summed E-state index contributed by atoms with van der Waals surface area (Å²) < 4.78 is 30.8. The Morgan fingerprint density at radius 2 is 2.17 bits per heavy atom. The lowest BCUT2D eigenvalue weighted by Crippen LogP contribution is -2.36. The molecule has 2 rings (SSSR count). The summed E-state index contributed by atoms with van der Waals surface area (Å²) in [6.45, 7) is 3.31. The highest BCUT2D eigenvalue weighted by Gasteiger charge is 2.26. The number of amides is 1. The maximum absolute atomic E-state index is 12.2. The summed E-state index contributed by atoms with van der Waals surface area (Å²) in [4.78, 5) is 12.1. The minimum atomic E-state index is -3.27. The molecular formula is C16H24N2O4S. The Morgan fingerprint density at radius 1 is 1.39 bits per heavy atom. The van der Waals surface area contributed by atoms with Crippen LogP contribution in [0, 0.1) is 0 Å². The standard InChI is InChI=1S/C16H24N2O4S/c1-3-23(20,21)18-10-4-6-13-12-14(7-8-15(13)18)16(19)17-9-5-11-22-2/h7-8,12H,3-6,9-11H2,1-2H3,(H,17,19). The van der Waals surface area contributed by atoms with Gasteiger partial charge in [0.2, 0.25) is 10.0 Å². The molecule has 6 nitrogen and oxygen atoms in total. The second-order valence-electron chi connectivity index (χ2n) is 5.52. The van der Waals surface area contributed by atoms with E-state index in [-0.39, 0.29) is 11.7 Å². The third-order valence-electron chi connectivity index (χ3n) is 3.93. The molecule has 0 aromatic heterocycles. The highest BCUT2D eigenvalue weighted by molar-refractivity contribution is 7.92. The number of aryl methyl sites for hydroxylation is 1. The van der Waals surface area contributed by atoms with Crippen molar-refractivity contribution in [3.8, 4) is 0 Å². The molecule has 1 N–H and O–H groups in total. The van der Waals surface area contributed by atoms with Gasteiger partial charge in [-0.25, -0.2) is 8.42 Å². The van der Waals surface area contributed by atoms with Gasteiger partial charge in [0.15, 0.2) is 0 Å². The van der Waals surface area contributed by atoms with Crippen LogP contribution in [0.15, 0.2) is 18.2 Å². The molecule has 1 heterocycles. The largest absolute Gasteiger partial charge is 0.385 e. The van der Waals surface area contributed by atoms with E-state index in [1.165, 1.54) is 4.31 Å². The zero-order valence-electron chi connectivity index (χ0n) is 13.7. The van der Waals surface area contributed by atoms with Crippen LogP contribution in [0.2, 0.25) is 0 Å². The molecule has 1 aliphatic heterocycles. The number of methoxy groups -OCH3 is 1. The van der Waals surface area contributed by atoms with Gasteiger partial charge < -0.3 is 10.1 Å². The topological polar surface area (TPSA) is 75.7 Å². The first-order valence-electron chi connectivity index (χ1n) is 7.90. The lowest BCUT2D eigenvalue weighted by atomic mass is 10.0. The van der Waals surface area contributed by atoms with Crippen LogP contribution >= 0.6 is 0 Å². The van der Waals surface area contributed by atoms with Gasteiger partial charge in [0.1, 0.15) is 0 Å². The van der Waals surface area contributed by atoms with Gasteiger partial charge in [-0.2, -0.15) is 0 Å². The van der Waals surface area contributed by atoms with Gasteiger partial charge in [0.25, 0.3) is 5.91 Å². The van der Waals surface area contributed by atoms with E-state index in [0.29, 0.717) is 30.9 Å². The molecule has 0 aliphatic carbocycles. The normalized spacial score (nSPS) is 14.4. The second-order valence-corrected chi connectivity index (χ2v) is 7.70. The fraction of sp³-hybridized carbons (Fsp3) is 0.562. The zero-order chi connectivity index (χ0) is 16.9. The number of hydrogen-bond donors (Lipinski definition) is 1. The van der Waals surface area contributed by atoms with E-state index in [1.807, 2.05) is 0 Å². The summed E-state index contributed by atoms with van der Waals surface area (Å²) in [6.07, 6.45) is 2.32. The Labute approximate surface area is 137 Å². The minimum Gasteiger partial charge on any atom is -0.385 e. The average Bonchev–Trinajstić information content (AvgIpc) is 2.57. The highest BCUT2D eigenvalue weighted by atomic mass is 32.2. The van der Waals surface area contributed by atoms with Crippen molar-refractivity contribution in [1.82, 2.24) is 5.32 Å². The monoisotopic (exact) mass is 340 g/mol. The van der Waals surface area contributed by atoms with Gasteiger partial charge in [0.05, 0.1) is 11.4 Å². The fourth-order valence-electron chi connectivity index (χ4n) is 2.67. The minimum absolute atomic E-state index is 0.0776. The van der Waals surface area contributed by atoms with Gasteiger partial charge in [-0.3, -0.25) is 9.10 Å². The van der Waals surface area contributed by atoms with E-state index in [0.717, 1.165) is 24.8 Å². The average molecular weight is 340 g/mol. The van der Waals surface area contributed by atoms with E-state index < -0.39 is 10.0 Å². The van der Waals surface area contributed by atoms with E-state index in [2.05, 4.69) is 5.32 Å². The van der Waals surface area contributed by atoms with E-state index in [1.54, 1.807) is 32.2 Å². The van der Waals surface area contributed by atoms with Crippen molar-refractivity contribution in [3.05, 3.63) is 29.3 Å². The Kier molecular flexibility index (Phi) is 6.01. The molecule has 0 saturated heterocycles. The first-order valence-corrected chi connectivity index (χ1v) is 9.51. The Bertz CT molecular complexity index is 658. The van der Waals surface area contributed by atoms with E-state index in [4.69, 9.17) is 4.74 Å². The number of carbonyl (C=O) groups excluding carboxylic acids is 1. The lowest BCUT2D eigenvalue weighted by molar-refractivity contribution is 0.0948. The first-order chi connectivity index (χ1) is 11.0. The number of anilines is 1. The molecule has 128 valence electrons. The van der Waals surface area contributed by atoms with Crippen molar-refractivity contribution < 1.29 is 17.9 Å². The number of nitrogens with zero attached hydrogens (tertiary/aromatic N) is 1. The molecule has 0 unspecified atom stereocenters. The Balaban J connectivity index is 2.14. The fourth-order valence-corrected chi connectivity index (χ4v) is 3.87. The predicted molar refractivity (Wildman–Crippen MR) is 90.4 cm³/mol. The number of hydrogen-bond acceptors (Lipinski definition) is 4. The quantitative estimate of drug-likeness (QED) is 0.764. The number of ether oxygens (including phenoxy) is 1. The smallest absolute Gasteiger partial charge is 0.251 e. The lowest BCUT2D eigenvalue weighted by Gasteiger charge is -2.30. The number of fused-ring (bicyclic) bond motifs is 1. The molecule has 7 heteroatoms. The summed E-state index contributed by atoms with van der Waals surface area (Å²) in [6, 6.07) is 5.23. The third-order valence-corrected chi connectivity index (χ3v) is 5.71. The summed E-state index contributed by atoms with van der Waals surface area (Å²) in [5.74, 6) is -0.0619. The number of rotatable bonds is 7. The van der Waals surface area contributed by atoms with Crippen molar-refractivity contribution >= 4 is 21.6 Å². The second kappa shape index (κ2) is 7.79. The molecule has 1 amide bonds. The van der Waals surface area contributed by atoms with Crippen LogP contribution in [0.5, 0.6) is 0 Å². The molecule has 23 heavy (non-hydrogen) atoms. The van der Waals surface area contributed by atoms with Crippen molar-refractivity contribution in [1.29, 1.82) is 0 Å². The number of benzene rings is 1. The SMILES string of the molecule is CCS(=O)(=O)N1CCCc2cc(C(=O)NCCCOC)ccc21. The van der Waals surface area contributed by atoms with Gasteiger partial charge in [-0.1, -0.05) is 0 Å². The zero-order valence-corrected chi connectivity index (χ0v) is 14.5. The molecule has 0 spiro atoms. The van der Waals surface area contributed by atoms with Crippen LogP contribution in [0.3, 0.4) is 0 Å². The van der Waals surface area contributed by atoms with Gasteiger partial charge in [-0.05, 0) is 49.9 Å². The van der Waals surface area contributed by atoms with Crippen molar-refractivity contribution in [2.45, 2.75) is 26.2 Å². The third kappa shape index (κ3) is 4.23. The summed E-state index contributed by atoms with van der Waals surface area (Å²) in [5.41, 5.74) is 2.18. The van der Waals surface area contributed by atoms with Crippen molar-refractivity contribution in [2.24, 2.45) is 0 Å². The van der Waals surface area contributed by atoms with Crippen LogP contribution in [-0.2, 0) is 21.2 Å². The first kappa shape index (κ1) is 17.7. The van der Waals surface area contributed by atoms with Crippen LogP contribution in [0.4, 0.5) is 5.69 Å². The summed E-state index contributed by atoms with van der Waals surface area (Å²) in [7, 11) is -1.64. The van der Waals surface area contributed by atoms with Crippen LogP contribution in [0.1, 0.15) is 35.7 Å². The molecule has 0 bridgehead atoms. The molecule has 1 aromatic carbocycles. The number of sulfonamides is 1. The maximum Gasteiger partial charge on any atom is 0.251 e. The molecule has 1 aliphatic rings. The van der Waals surface area contributed by atoms with E-state index >= 15 is 0 Å². The van der Waals surface area contributed by atoms with Gasteiger partial charge in [-0.15, -0.1) is 0 Å². The molecular weight excluding hydrogens is 316 g/mol. The number of carbonyl (C=O) groups is 1. The molecule has 0 saturated carbocycles. The molecule has 0 radical (unpaired) electrons. The summed E-state index contributed by atoms with van der Waals surface area (Å²) in [5, 5.41) is 2.84. The van der Waals surface area contributed by atoms with Crippen molar-refractivity contribution in [2.75, 3.05) is 36.9 Å². The van der Waals surface area contributed by atoms with E-state index in [9.17, 15) is 13.2 Å². The van der Waals surface area contributed by atoms with Gasteiger partial charge in [0, 0.05) is 32.4 Å². The Morgan fingerprint density at radius 3 is 2.87 bits per heavy atom. The molecule has 0 atom stereocenters. The summed E-state index contributed by atoms with van der Waals surface area (Å²) >= 11 is 0. The van der Waals surface area contributed by atoms with Crippen LogP contribution in [-0.4, -0.2) is 46.9 Å². The van der Waals surface area contributed by atoms with Crippen LogP contribution in [0.25, 0.3) is 0 Å². The number of nitrogens with one attached hydrogen (secondary N) is 1. The van der Waals surface area contributed by atoms with Crippen LogP contribution < -0.4 is 9.62 Å². The maximum atomic E-state index is 12.2. The molecule has 1 aromatic rings. The highest BCUT2D eigenvalue weighted by Crippen LogP contribution is 2.30. The predicted octanol–water partition coefficient (Wildman–Crippen LogP) is 1.56.